The van der Waals surface area contributed by atoms with Crippen molar-refractivity contribution in [3.05, 3.63) is 65.7 Å². The number of anilines is 1. The minimum Gasteiger partial charge on any atom is -0.299 e. The van der Waals surface area contributed by atoms with Gasteiger partial charge in [0.1, 0.15) is 6.04 Å². The fourth-order valence-electron chi connectivity index (χ4n) is 2.46. The zero-order valence-corrected chi connectivity index (χ0v) is 12.4. The first-order chi connectivity index (χ1) is 9.51. The first-order valence-corrected chi connectivity index (χ1v) is 7.10. The van der Waals surface area contributed by atoms with Gasteiger partial charge in [0, 0.05) is 5.69 Å². The van der Waals surface area contributed by atoms with Gasteiger partial charge in [-0.1, -0.05) is 71.2 Å². The minimum atomic E-state index is -1.40. The molecule has 1 aliphatic rings. The van der Waals surface area contributed by atoms with Crippen molar-refractivity contribution in [2.24, 2.45) is 0 Å². The van der Waals surface area contributed by atoms with Crippen molar-refractivity contribution < 1.29 is 4.79 Å². The molecule has 1 unspecified atom stereocenters. The van der Waals surface area contributed by atoms with E-state index in [1.807, 2.05) is 61.5 Å². The topological polar surface area (TPSA) is 20.3 Å². The third-order valence-corrected chi connectivity index (χ3v) is 4.27. The number of hydrogen-bond acceptors (Lipinski definition) is 1. The van der Waals surface area contributed by atoms with Crippen molar-refractivity contribution in [1.82, 2.24) is 0 Å². The van der Waals surface area contributed by atoms with Crippen LogP contribution in [0.15, 0.2) is 54.6 Å². The number of aryl methyl sites for hydroxylation is 1. The van der Waals surface area contributed by atoms with Crippen LogP contribution in [0.5, 0.6) is 0 Å². The van der Waals surface area contributed by atoms with Crippen LogP contribution >= 0.6 is 23.2 Å². The summed E-state index contributed by atoms with van der Waals surface area (Å²) in [7, 11) is 0. The van der Waals surface area contributed by atoms with Crippen LogP contribution in [0.2, 0.25) is 0 Å². The molecule has 1 saturated heterocycles. The number of amides is 1. The van der Waals surface area contributed by atoms with E-state index in [0.717, 1.165) is 16.8 Å². The first-order valence-electron chi connectivity index (χ1n) is 6.35. The van der Waals surface area contributed by atoms with Crippen LogP contribution < -0.4 is 4.90 Å². The molecule has 3 rings (SSSR count). The van der Waals surface area contributed by atoms with E-state index in [1.54, 1.807) is 4.90 Å². The third-order valence-electron chi connectivity index (χ3n) is 3.53. The summed E-state index contributed by atoms with van der Waals surface area (Å²) < 4.78 is -1.40. The highest BCUT2D eigenvalue weighted by molar-refractivity contribution is 6.62. The van der Waals surface area contributed by atoms with E-state index in [-0.39, 0.29) is 11.9 Å². The van der Waals surface area contributed by atoms with Crippen LogP contribution in [-0.4, -0.2) is 10.2 Å². The second-order valence-corrected chi connectivity index (χ2v) is 6.33. The van der Waals surface area contributed by atoms with Crippen LogP contribution in [0.1, 0.15) is 17.2 Å². The number of rotatable bonds is 2. The fraction of sp³-hybridized carbons (Fsp3) is 0.188. The molecular weight excluding hydrogens is 293 g/mol. The Morgan fingerprint density at radius 1 is 1.00 bits per heavy atom. The molecule has 1 fully saturated rings. The summed E-state index contributed by atoms with van der Waals surface area (Å²) in [6.07, 6.45) is 0. The highest BCUT2D eigenvalue weighted by atomic mass is 35.5. The number of carbonyl (C=O) groups excluding carboxylic acids is 1. The molecule has 1 amide bonds. The molecule has 1 atom stereocenters. The second kappa shape index (κ2) is 4.80. The Kier molecular flexibility index (Phi) is 3.23. The molecule has 1 aliphatic heterocycles. The van der Waals surface area contributed by atoms with Crippen molar-refractivity contribution in [3.63, 3.8) is 0 Å². The molecule has 0 aromatic heterocycles. The van der Waals surface area contributed by atoms with Gasteiger partial charge in [-0.15, -0.1) is 0 Å². The molecule has 2 nitrogen and oxygen atoms in total. The van der Waals surface area contributed by atoms with Crippen molar-refractivity contribution in [1.29, 1.82) is 0 Å². The van der Waals surface area contributed by atoms with Crippen molar-refractivity contribution >= 4 is 34.8 Å². The number of alkyl halides is 2. The monoisotopic (exact) mass is 305 g/mol. The van der Waals surface area contributed by atoms with Crippen LogP contribution in [-0.2, 0) is 4.79 Å². The van der Waals surface area contributed by atoms with Gasteiger partial charge in [0.25, 0.3) is 5.91 Å². The van der Waals surface area contributed by atoms with Crippen LogP contribution in [0.3, 0.4) is 0 Å². The molecule has 0 N–H and O–H groups in total. The lowest BCUT2D eigenvalue weighted by Crippen LogP contribution is -2.62. The number of hydrogen-bond donors (Lipinski definition) is 0. The zero-order valence-electron chi connectivity index (χ0n) is 10.9. The molecule has 0 aliphatic carbocycles. The molecule has 20 heavy (non-hydrogen) atoms. The summed E-state index contributed by atoms with van der Waals surface area (Å²) in [5.41, 5.74) is 2.88. The van der Waals surface area contributed by atoms with Gasteiger partial charge in [0.05, 0.1) is 0 Å². The summed E-state index contributed by atoms with van der Waals surface area (Å²) in [5.74, 6) is -0.279. The molecular formula is C16H13Cl2NO. The lowest BCUT2D eigenvalue weighted by atomic mass is 9.91. The molecule has 102 valence electrons. The Hall–Kier alpha value is -1.51. The van der Waals surface area contributed by atoms with Gasteiger partial charge in [0.2, 0.25) is 4.33 Å². The summed E-state index contributed by atoms with van der Waals surface area (Å²) in [6, 6.07) is 17.0. The van der Waals surface area contributed by atoms with E-state index in [2.05, 4.69) is 0 Å². The average molecular weight is 306 g/mol. The predicted octanol–water partition coefficient (Wildman–Crippen LogP) is 4.26. The van der Waals surface area contributed by atoms with E-state index < -0.39 is 4.33 Å². The third kappa shape index (κ3) is 2.00. The number of nitrogens with zero attached hydrogens (tertiary/aromatic N) is 1. The molecule has 1 heterocycles. The standard InChI is InChI=1S/C16H13Cl2NO/c1-11-7-9-13(10-8-11)19-14(16(17,18)15(19)20)12-5-3-2-4-6-12/h2-10,14H,1H3. The average Bonchev–Trinajstić information content (AvgIpc) is 2.46. The van der Waals surface area contributed by atoms with Crippen molar-refractivity contribution in [3.8, 4) is 0 Å². The lowest BCUT2D eigenvalue weighted by Gasteiger charge is -2.49. The molecule has 4 heteroatoms. The van der Waals surface area contributed by atoms with Crippen molar-refractivity contribution in [2.45, 2.75) is 17.3 Å². The van der Waals surface area contributed by atoms with Gasteiger partial charge in [-0.2, -0.15) is 0 Å². The van der Waals surface area contributed by atoms with Gasteiger partial charge in [0.15, 0.2) is 0 Å². The van der Waals surface area contributed by atoms with E-state index in [4.69, 9.17) is 23.2 Å². The van der Waals surface area contributed by atoms with Gasteiger partial charge in [-0.05, 0) is 24.6 Å². The summed E-state index contributed by atoms with van der Waals surface area (Å²) in [4.78, 5) is 13.9. The molecule has 0 bridgehead atoms. The Labute approximate surface area is 127 Å². The van der Waals surface area contributed by atoms with Gasteiger partial charge >= 0.3 is 0 Å². The smallest absolute Gasteiger partial charge is 0.266 e. The highest BCUT2D eigenvalue weighted by Crippen LogP contribution is 2.52. The van der Waals surface area contributed by atoms with Crippen LogP contribution in [0.4, 0.5) is 5.69 Å². The summed E-state index contributed by atoms with van der Waals surface area (Å²) >= 11 is 12.4. The summed E-state index contributed by atoms with van der Waals surface area (Å²) in [6.45, 7) is 2.00. The van der Waals surface area contributed by atoms with E-state index >= 15 is 0 Å². The SMILES string of the molecule is Cc1ccc(N2C(=O)C(Cl)(Cl)C2c2ccccc2)cc1. The Balaban J connectivity index is 2.02. The number of benzene rings is 2. The Bertz CT molecular complexity index is 637. The largest absolute Gasteiger partial charge is 0.299 e. The van der Waals surface area contributed by atoms with Gasteiger partial charge in [-0.3, -0.25) is 9.69 Å². The molecule has 0 radical (unpaired) electrons. The maximum Gasteiger partial charge on any atom is 0.266 e. The van der Waals surface area contributed by atoms with Crippen LogP contribution in [0.25, 0.3) is 0 Å². The second-order valence-electron chi connectivity index (χ2n) is 4.95. The predicted molar refractivity (Wildman–Crippen MR) is 82.3 cm³/mol. The fourth-order valence-corrected chi connectivity index (χ4v) is 3.09. The maximum absolute atomic E-state index is 12.2. The number of carbonyl (C=O) groups is 1. The highest BCUT2D eigenvalue weighted by Gasteiger charge is 2.60. The number of halogens is 2. The summed E-state index contributed by atoms with van der Waals surface area (Å²) in [5, 5.41) is 0. The Morgan fingerprint density at radius 3 is 2.20 bits per heavy atom. The normalized spacial score (nSPS) is 20.6. The van der Waals surface area contributed by atoms with Gasteiger partial charge in [-0.25, -0.2) is 0 Å². The Morgan fingerprint density at radius 2 is 1.60 bits per heavy atom. The molecule has 0 saturated carbocycles. The van der Waals surface area contributed by atoms with E-state index in [0.29, 0.717) is 0 Å². The van der Waals surface area contributed by atoms with Crippen molar-refractivity contribution in [2.75, 3.05) is 4.90 Å². The maximum atomic E-state index is 12.2. The minimum absolute atomic E-state index is 0.279. The lowest BCUT2D eigenvalue weighted by molar-refractivity contribution is -0.125. The van der Waals surface area contributed by atoms with E-state index in [1.165, 1.54) is 0 Å². The molecule has 0 spiro atoms. The van der Waals surface area contributed by atoms with Gasteiger partial charge < -0.3 is 0 Å². The zero-order chi connectivity index (χ0) is 14.3. The van der Waals surface area contributed by atoms with Crippen LogP contribution in [0, 0.1) is 6.92 Å². The quantitative estimate of drug-likeness (QED) is 0.600. The van der Waals surface area contributed by atoms with E-state index in [9.17, 15) is 4.79 Å². The molecule has 2 aromatic carbocycles. The first kappa shape index (κ1) is 13.5. The number of β-lactam (4-membered cyclic amide) rings is 1. The molecule has 2 aromatic rings.